The first-order valence-electron chi connectivity index (χ1n) is 8.31. The van der Waals surface area contributed by atoms with Crippen LogP contribution in [-0.4, -0.2) is 6.61 Å². The number of aromatic nitrogens is 1. The van der Waals surface area contributed by atoms with Crippen LogP contribution in [0.25, 0.3) is 21.7 Å². The molecule has 0 N–H and O–H groups in total. The Kier molecular flexibility index (Phi) is 3.87. The third-order valence-electron chi connectivity index (χ3n) is 4.35. The van der Waals surface area contributed by atoms with Gasteiger partial charge in [0.1, 0.15) is 12.4 Å². The molecule has 0 saturated carbocycles. The maximum absolute atomic E-state index is 5.93. The zero-order valence-corrected chi connectivity index (χ0v) is 13.8. The molecule has 2 nitrogen and oxygen atoms in total. The molecule has 0 aliphatic heterocycles. The number of benzene rings is 3. The maximum atomic E-state index is 5.93. The molecule has 0 aliphatic rings. The van der Waals surface area contributed by atoms with Crippen molar-refractivity contribution in [3.63, 3.8) is 0 Å². The lowest BCUT2D eigenvalue weighted by Crippen LogP contribution is -2.37. The first-order valence-corrected chi connectivity index (χ1v) is 8.31. The van der Waals surface area contributed by atoms with E-state index in [1.807, 2.05) is 12.1 Å². The van der Waals surface area contributed by atoms with Gasteiger partial charge < -0.3 is 4.74 Å². The van der Waals surface area contributed by atoms with Crippen LogP contribution < -0.4 is 9.30 Å². The van der Waals surface area contributed by atoms with Crippen molar-refractivity contribution in [2.24, 2.45) is 0 Å². The SMILES string of the molecule is Cc1cccc(OCC[n+]2cccc3ccc4ccccc4c32)c1. The van der Waals surface area contributed by atoms with Crippen molar-refractivity contribution >= 4 is 21.7 Å². The zero-order valence-electron chi connectivity index (χ0n) is 13.8. The fourth-order valence-electron chi connectivity index (χ4n) is 3.21. The van der Waals surface area contributed by atoms with Gasteiger partial charge in [-0.3, -0.25) is 0 Å². The summed E-state index contributed by atoms with van der Waals surface area (Å²) in [4.78, 5) is 0. The van der Waals surface area contributed by atoms with E-state index in [-0.39, 0.29) is 0 Å². The molecule has 0 fully saturated rings. The number of pyridine rings is 1. The van der Waals surface area contributed by atoms with Gasteiger partial charge in [0.15, 0.2) is 12.7 Å². The molecule has 24 heavy (non-hydrogen) atoms. The summed E-state index contributed by atoms with van der Waals surface area (Å²) in [7, 11) is 0. The highest BCUT2D eigenvalue weighted by Gasteiger charge is 2.12. The first kappa shape index (κ1) is 14.7. The predicted molar refractivity (Wildman–Crippen MR) is 98.3 cm³/mol. The number of fused-ring (bicyclic) bond motifs is 3. The van der Waals surface area contributed by atoms with Crippen LogP contribution in [0.3, 0.4) is 0 Å². The van der Waals surface area contributed by atoms with Gasteiger partial charge in [0, 0.05) is 11.5 Å². The number of hydrogen-bond donors (Lipinski definition) is 0. The largest absolute Gasteiger partial charge is 0.487 e. The van der Waals surface area contributed by atoms with Gasteiger partial charge in [-0.15, -0.1) is 0 Å². The quantitative estimate of drug-likeness (QED) is 0.394. The second-order valence-electron chi connectivity index (χ2n) is 6.09. The van der Waals surface area contributed by atoms with Crippen LogP contribution in [0.4, 0.5) is 0 Å². The van der Waals surface area contributed by atoms with Crippen molar-refractivity contribution in [2.75, 3.05) is 6.61 Å². The molecule has 0 radical (unpaired) electrons. The molecule has 4 aromatic rings. The van der Waals surface area contributed by atoms with Gasteiger partial charge in [-0.2, -0.15) is 4.57 Å². The van der Waals surface area contributed by atoms with E-state index < -0.39 is 0 Å². The minimum absolute atomic E-state index is 0.649. The van der Waals surface area contributed by atoms with Crippen LogP contribution in [0.15, 0.2) is 79.0 Å². The standard InChI is InChI=1S/C22H20NO/c1-17-6-4-9-20(16-17)24-15-14-23-13-5-8-19-12-11-18-7-2-3-10-21(18)22(19)23/h2-13,16H,14-15H2,1H3/q+1. The Morgan fingerprint density at radius 2 is 1.67 bits per heavy atom. The Morgan fingerprint density at radius 3 is 2.58 bits per heavy atom. The van der Waals surface area contributed by atoms with E-state index in [1.165, 1.54) is 27.2 Å². The minimum atomic E-state index is 0.649. The van der Waals surface area contributed by atoms with Crippen molar-refractivity contribution in [1.29, 1.82) is 0 Å². The molecule has 4 rings (SSSR count). The van der Waals surface area contributed by atoms with E-state index in [1.54, 1.807) is 0 Å². The van der Waals surface area contributed by atoms with Crippen LogP contribution in [0.2, 0.25) is 0 Å². The van der Waals surface area contributed by atoms with Gasteiger partial charge in [0.05, 0.1) is 5.39 Å². The minimum Gasteiger partial charge on any atom is -0.487 e. The van der Waals surface area contributed by atoms with Crippen molar-refractivity contribution < 1.29 is 9.30 Å². The molecule has 3 aromatic carbocycles. The van der Waals surface area contributed by atoms with E-state index in [2.05, 4.69) is 78.4 Å². The third kappa shape index (κ3) is 2.83. The molecule has 118 valence electrons. The molecule has 1 heterocycles. The number of ether oxygens (including phenoxy) is 1. The van der Waals surface area contributed by atoms with Crippen LogP contribution >= 0.6 is 0 Å². The highest BCUT2D eigenvalue weighted by Crippen LogP contribution is 2.22. The molecule has 0 amide bonds. The first-order chi connectivity index (χ1) is 11.8. The van der Waals surface area contributed by atoms with Crippen molar-refractivity contribution in [2.45, 2.75) is 13.5 Å². The Morgan fingerprint density at radius 1 is 0.833 bits per heavy atom. The predicted octanol–water partition coefficient (Wildman–Crippen LogP) is 4.67. The summed E-state index contributed by atoms with van der Waals surface area (Å²) in [6, 6.07) is 25.4. The zero-order chi connectivity index (χ0) is 16.4. The summed E-state index contributed by atoms with van der Waals surface area (Å²) >= 11 is 0. The molecule has 0 atom stereocenters. The van der Waals surface area contributed by atoms with Crippen LogP contribution in [0.5, 0.6) is 5.75 Å². The number of nitrogens with zero attached hydrogens (tertiary/aromatic N) is 1. The number of hydrogen-bond acceptors (Lipinski definition) is 1. The molecule has 0 bridgehead atoms. The molecule has 0 spiro atoms. The summed E-state index contributed by atoms with van der Waals surface area (Å²) < 4.78 is 8.22. The van der Waals surface area contributed by atoms with Gasteiger partial charge in [0.2, 0.25) is 5.52 Å². The van der Waals surface area contributed by atoms with E-state index in [0.29, 0.717) is 6.61 Å². The van der Waals surface area contributed by atoms with Crippen LogP contribution in [-0.2, 0) is 6.54 Å². The second-order valence-corrected chi connectivity index (χ2v) is 6.09. The van der Waals surface area contributed by atoms with Crippen LogP contribution in [0, 0.1) is 6.92 Å². The lowest BCUT2D eigenvalue weighted by molar-refractivity contribution is -0.671. The highest BCUT2D eigenvalue weighted by molar-refractivity contribution is 6.03. The van der Waals surface area contributed by atoms with E-state index in [0.717, 1.165) is 12.3 Å². The summed E-state index contributed by atoms with van der Waals surface area (Å²) in [5.74, 6) is 0.931. The molecule has 0 aliphatic carbocycles. The fraction of sp³-hybridized carbons (Fsp3) is 0.136. The normalized spacial score (nSPS) is 11.0. The van der Waals surface area contributed by atoms with E-state index in [4.69, 9.17) is 4.74 Å². The Bertz CT molecular complexity index is 1010. The van der Waals surface area contributed by atoms with Gasteiger partial charge in [-0.1, -0.05) is 36.4 Å². The lowest BCUT2D eigenvalue weighted by Gasteiger charge is -2.07. The van der Waals surface area contributed by atoms with Gasteiger partial charge in [-0.25, -0.2) is 0 Å². The number of rotatable bonds is 4. The van der Waals surface area contributed by atoms with Gasteiger partial charge >= 0.3 is 0 Å². The molecule has 0 saturated heterocycles. The Hall–Kier alpha value is -2.87. The van der Waals surface area contributed by atoms with Crippen molar-refractivity contribution in [3.05, 3.63) is 84.6 Å². The fourth-order valence-corrected chi connectivity index (χ4v) is 3.21. The second kappa shape index (κ2) is 6.32. The van der Waals surface area contributed by atoms with Crippen LogP contribution in [0.1, 0.15) is 5.56 Å². The summed E-state index contributed by atoms with van der Waals surface area (Å²) in [6.45, 7) is 3.55. The smallest absolute Gasteiger partial charge is 0.220 e. The number of aryl methyl sites for hydroxylation is 1. The molecular formula is C22H20NO+. The topological polar surface area (TPSA) is 13.1 Å². The Labute approximate surface area is 141 Å². The monoisotopic (exact) mass is 314 g/mol. The lowest BCUT2D eigenvalue weighted by atomic mass is 10.1. The highest BCUT2D eigenvalue weighted by atomic mass is 16.5. The summed E-state index contributed by atoms with van der Waals surface area (Å²) in [5.41, 5.74) is 2.49. The van der Waals surface area contributed by atoms with Gasteiger partial charge in [0.25, 0.3) is 0 Å². The van der Waals surface area contributed by atoms with Gasteiger partial charge in [-0.05, 0) is 48.2 Å². The summed E-state index contributed by atoms with van der Waals surface area (Å²) in [5, 5.41) is 3.81. The summed E-state index contributed by atoms with van der Waals surface area (Å²) in [6.07, 6.45) is 2.13. The van der Waals surface area contributed by atoms with E-state index in [9.17, 15) is 0 Å². The molecule has 2 heteroatoms. The van der Waals surface area contributed by atoms with Crippen molar-refractivity contribution in [1.82, 2.24) is 0 Å². The average molecular weight is 314 g/mol. The maximum Gasteiger partial charge on any atom is 0.220 e. The molecular weight excluding hydrogens is 294 g/mol. The molecule has 0 unspecified atom stereocenters. The van der Waals surface area contributed by atoms with Crippen molar-refractivity contribution in [3.8, 4) is 5.75 Å². The third-order valence-corrected chi connectivity index (χ3v) is 4.35. The Balaban J connectivity index is 1.65. The van der Waals surface area contributed by atoms with E-state index >= 15 is 0 Å². The molecule has 1 aromatic heterocycles. The average Bonchev–Trinajstić information content (AvgIpc) is 2.62.